The van der Waals surface area contributed by atoms with E-state index in [2.05, 4.69) is 21.2 Å². The Hall–Kier alpha value is -2.08. The van der Waals surface area contributed by atoms with Crippen molar-refractivity contribution in [3.05, 3.63) is 40.9 Å². The molecule has 1 aliphatic heterocycles. The van der Waals surface area contributed by atoms with Crippen LogP contribution in [0, 0.1) is 0 Å². The number of nitrogens with zero attached hydrogens (tertiary/aromatic N) is 1. The summed E-state index contributed by atoms with van der Waals surface area (Å²) in [6.07, 6.45) is 4.61. The Kier molecular flexibility index (Phi) is 7.10. The van der Waals surface area contributed by atoms with E-state index in [0.717, 1.165) is 47.5 Å². The molecule has 3 rings (SSSR count). The van der Waals surface area contributed by atoms with Crippen molar-refractivity contribution in [2.45, 2.75) is 32.1 Å². The van der Waals surface area contributed by atoms with E-state index in [9.17, 15) is 9.59 Å². The normalized spacial score (nSPS) is 14.9. The number of nitrogens with one attached hydrogen (secondary N) is 1. The molecule has 0 spiro atoms. The largest absolute Gasteiger partial charge is 0.483 e. The van der Waals surface area contributed by atoms with E-state index in [1.165, 1.54) is 0 Å². The number of carbonyl (C=O) groups excluding carboxylic acids is 2. The minimum atomic E-state index is -0.155. The summed E-state index contributed by atoms with van der Waals surface area (Å²) >= 11 is 3.56. The molecule has 2 aromatic carbocycles. The number of fused-ring (bicyclic) bond motifs is 1. The molecule has 1 fully saturated rings. The van der Waals surface area contributed by atoms with E-state index in [4.69, 9.17) is 4.74 Å². The van der Waals surface area contributed by atoms with E-state index in [0.29, 0.717) is 25.3 Å². The topological polar surface area (TPSA) is 58.6 Å². The van der Waals surface area contributed by atoms with Gasteiger partial charge in [0.15, 0.2) is 6.61 Å². The first-order valence-corrected chi connectivity index (χ1v) is 10.3. The van der Waals surface area contributed by atoms with Crippen LogP contribution >= 0.6 is 15.9 Å². The maximum Gasteiger partial charge on any atom is 0.257 e. The third-order valence-electron chi connectivity index (χ3n) is 4.78. The summed E-state index contributed by atoms with van der Waals surface area (Å²) in [6.45, 7) is 2.06. The van der Waals surface area contributed by atoms with E-state index in [1.807, 2.05) is 41.3 Å². The van der Waals surface area contributed by atoms with Gasteiger partial charge in [0.25, 0.3) is 5.91 Å². The van der Waals surface area contributed by atoms with Crippen LogP contribution in [0.15, 0.2) is 40.9 Å². The smallest absolute Gasteiger partial charge is 0.257 e. The molecule has 0 atom stereocenters. The number of ether oxygens (including phenoxy) is 1. The fourth-order valence-corrected chi connectivity index (χ4v) is 3.90. The van der Waals surface area contributed by atoms with E-state index in [-0.39, 0.29) is 18.4 Å². The van der Waals surface area contributed by atoms with Crippen LogP contribution in [-0.2, 0) is 9.59 Å². The average Bonchev–Trinajstić information content (AvgIpc) is 2.89. The van der Waals surface area contributed by atoms with Crippen LogP contribution < -0.4 is 10.1 Å². The number of hydrogen-bond donors (Lipinski definition) is 1. The molecule has 5 nitrogen and oxygen atoms in total. The summed E-state index contributed by atoms with van der Waals surface area (Å²) in [5.41, 5.74) is 0. The molecule has 1 N–H and O–H groups in total. The van der Waals surface area contributed by atoms with Crippen molar-refractivity contribution in [2.24, 2.45) is 0 Å². The molecular weight excluding hydrogens is 408 g/mol. The van der Waals surface area contributed by atoms with Gasteiger partial charge in [0.1, 0.15) is 5.75 Å². The zero-order valence-electron chi connectivity index (χ0n) is 15.4. The van der Waals surface area contributed by atoms with E-state index >= 15 is 0 Å². The van der Waals surface area contributed by atoms with Gasteiger partial charge >= 0.3 is 0 Å². The van der Waals surface area contributed by atoms with Crippen LogP contribution in [0.1, 0.15) is 32.1 Å². The van der Waals surface area contributed by atoms with Gasteiger partial charge in [0, 0.05) is 26.1 Å². The molecule has 1 aliphatic rings. The number of likely N-dealkylation sites (tertiary alicyclic amines) is 1. The third-order valence-corrected chi connectivity index (χ3v) is 5.60. The van der Waals surface area contributed by atoms with Crippen LogP contribution in [-0.4, -0.2) is 43.0 Å². The van der Waals surface area contributed by atoms with Crippen molar-refractivity contribution in [2.75, 3.05) is 26.2 Å². The summed E-state index contributed by atoms with van der Waals surface area (Å²) in [5, 5.41) is 5.03. The number of halogens is 1. The lowest BCUT2D eigenvalue weighted by atomic mass is 10.1. The molecule has 0 saturated carbocycles. The lowest BCUT2D eigenvalue weighted by molar-refractivity contribution is -0.130. The van der Waals surface area contributed by atoms with Crippen LogP contribution in [0.2, 0.25) is 0 Å². The van der Waals surface area contributed by atoms with Gasteiger partial charge in [0.05, 0.1) is 4.47 Å². The second-order valence-electron chi connectivity index (χ2n) is 6.78. The van der Waals surface area contributed by atoms with Crippen molar-refractivity contribution in [1.29, 1.82) is 0 Å². The molecule has 0 radical (unpaired) electrons. The fraction of sp³-hybridized carbons (Fsp3) is 0.429. The molecule has 0 unspecified atom stereocenters. The zero-order chi connectivity index (χ0) is 19.1. The maximum absolute atomic E-state index is 12.0. The number of amides is 2. The third kappa shape index (κ3) is 5.45. The quantitative estimate of drug-likeness (QED) is 0.675. The lowest BCUT2D eigenvalue weighted by Gasteiger charge is -2.20. The van der Waals surface area contributed by atoms with Crippen molar-refractivity contribution in [3.8, 4) is 5.75 Å². The van der Waals surface area contributed by atoms with Gasteiger partial charge in [0.2, 0.25) is 5.91 Å². The molecule has 6 heteroatoms. The van der Waals surface area contributed by atoms with Crippen LogP contribution in [0.4, 0.5) is 0 Å². The average molecular weight is 433 g/mol. The highest BCUT2D eigenvalue weighted by Gasteiger charge is 2.15. The van der Waals surface area contributed by atoms with Gasteiger partial charge in [-0.05, 0) is 52.0 Å². The fourth-order valence-electron chi connectivity index (χ4n) is 3.29. The summed E-state index contributed by atoms with van der Waals surface area (Å²) in [4.78, 5) is 25.9. The highest BCUT2D eigenvalue weighted by atomic mass is 79.9. The molecular formula is C21H25BrN2O3. The first-order chi connectivity index (χ1) is 13.1. The molecule has 0 aliphatic carbocycles. The van der Waals surface area contributed by atoms with Gasteiger partial charge in [-0.1, -0.05) is 36.8 Å². The van der Waals surface area contributed by atoms with Gasteiger partial charge in [-0.15, -0.1) is 0 Å². The summed E-state index contributed by atoms with van der Waals surface area (Å²) in [7, 11) is 0. The lowest BCUT2D eigenvalue weighted by Crippen LogP contribution is -2.35. The predicted octanol–water partition coefficient (Wildman–Crippen LogP) is 3.89. The standard InChI is InChI=1S/C21H25BrN2O3/c22-21-17-8-4-3-7-16(17)10-11-18(21)27-15-19(25)23-12-6-14-24-13-5-1-2-9-20(24)26/h3-4,7-8,10-11H,1-2,5-6,9,12-15H2,(H,23,25). The summed E-state index contributed by atoms with van der Waals surface area (Å²) < 4.78 is 6.52. The molecule has 144 valence electrons. The van der Waals surface area contributed by atoms with Gasteiger partial charge < -0.3 is 15.0 Å². The Morgan fingerprint density at radius 1 is 1.15 bits per heavy atom. The number of benzene rings is 2. The van der Waals surface area contributed by atoms with Gasteiger partial charge in [-0.3, -0.25) is 9.59 Å². The molecule has 1 heterocycles. The van der Waals surface area contributed by atoms with E-state index in [1.54, 1.807) is 0 Å². The van der Waals surface area contributed by atoms with Crippen LogP contribution in [0.3, 0.4) is 0 Å². The second kappa shape index (κ2) is 9.74. The number of hydrogen-bond acceptors (Lipinski definition) is 3. The van der Waals surface area contributed by atoms with Gasteiger partial charge in [-0.25, -0.2) is 0 Å². The SMILES string of the molecule is O=C(COc1ccc2ccccc2c1Br)NCCCN1CCCCCC1=O. The van der Waals surface area contributed by atoms with Crippen LogP contribution in [0.5, 0.6) is 5.75 Å². The Morgan fingerprint density at radius 2 is 2.00 bits per heavy atom. The van der Waals surface area contributed by atoms with Crippen molar-refractivity contribution >= 4 is 38.5 Å². The Bertz CT molecular complexity index is 809. The summed E-state index contributed by atoms with van der Waals surface area (Å²) in [6, 6.07) is 11.8. The minimum absolute atomic E-state index is 0.0282. The highest BCUT2D eigenvalue weighted by Crippen LogP contribution is 2.32. The maximum atomic E-state index is 12.0. The Balaban J connectivity index is 1.41. The number of carbonyl (C=O) groups is 2. The Labute approximate surface area is 168 Å². The van der Waals surface area contributed by atoms with E-state index < -0.39 is 0 Å². The monoisotopic (exact) mass is 432 g/mol. The molecule has 2 amide bonds. The van der Waals surface area contributed by atoms with Gasteiger partial charge in [-0.2, -0.15) is 0 Å². The minimum Gasteiger partial charge on any atom is -0.483 e. The summed E-state index contributed by atoms with van der Waals surface area (Å²) in [5.74, 6) is 0.736. The first kappa shape index (κ1) is 19.7. The first-order valence-electron chi connectivity index (χ1n) is 9.49. The van der Waals surface area contributed by atoms with Crippen LogP contribution in [0.25, 0.3) is 10.8 Å². The zero-order valence-corrected chi connectivity index (χ0v) is 17.0. The van der Waals surface area contributed by atoms with Crippen molar-refractivity contribution in [1.82, 2.24) is 10.2 Å². The molecule has 27 heavy (non-hydrogen) atoms. The molecule has 1 saturated heterocycles. The predicted molar refractivity (Wildman–Crippen MR) is 110 cm³/mol. The molecule has 0 bridgehead atoms. The highest BCUT2D eigenvalue weighted by molar-refractivity contribution is 9.10. The van der Waals surface area contributed by atoms with Crippen molar-refractivity contribution < 1.29 is 14.3 Å². The molecule has 0 aromatic heterocycles. The van der Waals surface area contributed by atoms with Crippen molar-refractivity contribution in [3.63, 3.8) is 0 Å². The Morgan fingerprint density at radius 3 is 2.89 bits per heavy atom. The second-order valence-corrected chi connectivity index (χ2v) is 7.58. The molecule has 2 aromatic rings. The number of rotatable bonds is 7.